The van der Waals surface area contributed by atoms with Gasteiger partial charge < -0.3 is 15.2 Å². The minimum atomic E-state index is -0.965. The van der Waals surface area contributed by atoms with Crippen LogP contribution in [0.15, 0.2) is 30.3 Å². The van der Waals surface area contributed by atoms with Gasteiger partial charge >= 0.3 is 11.9 Å². The van der Waals surface area contributed by atoms with E-state index in [0.29, 0.717) is 0 Å². The summed E-state index contributed by atoms with van der Waals surface area (Å²) >= 11 is 0. The van der Waals surface area contributed by atoms with E-state index in [1.165, 1.54) is 0 Å². The second-order valence-corrected chi connectivity index (χ2v) is 3.71. The summed E-state index contributed by atoms with van der Waals surface area (Å²) < 4.78 is 9.70. The van der Waals surface area contributed by atoms with Crippen LogP contribution in [0, 0.1) is 0 Å². The normalized spacial score (nSPS) is 11.7. The van der Waals surface area contributed by atoms with Gasteiger partial charge in [-0.05, 0) is 12.5 Å². The Morgan fingerprint density at radius 2 is 1.89 bits per heavy atom. The van der Waals surface area contributed by atoms with Crippen molar-refractivity contribution in [3.05, 3.63) is 35.9 Å². The molecule has 0 saturated heterocycles. The molecule has 98 valence electrons. The van der Waals surface area contributed by atoms with Gasteiger partial charge in [-0.15, -0.1) is 0 Å². The second kappa shape index (κ2) is 7.45. The summed E-state index contributed by atoms with van der Waals surface area (Å²) in [5.41, 5.74) is 6.38. The fourth-order valence-corrected chi connectivity index (χ4v) is 1.31. The number of carbonyl (C=O) groups excluding carboxylic acids is 2. The van der Waals surface area contributed by atoms with Crippen LogP contribution in [0.1, 0.15) is 18.9 Å². The Balaban J connectivity index is 2.31. The monoisotopic (exact) mass is 251 g/mol. The lowest BCUT2D eigenvalue weighted by Gasteiger charge is -2.10. The molecule has 0 aromatic heterocycles. The smallest absolute Gasteiger partial charge is 0.323 e. The minimum absolute atomic E-state index is 0.175. The van der Waals surface area contributed by atoms with Gasteiger partial charge in [-0.25, -0.2) is 0 Å². The van der Waals surface area contributed by atoms with Gasteiger partial charge in [0, 0.05) is 0 Å². The molecule has 5 nitrogen and oxygen atoms in total. The van der Waals surface area contributed by atoms with Gasteiger partial charge in [-0.3, -0.25) is 9.59 Å². The fraction of sp³-hybridized carbons (Fsp3) is 0.385. The van der Waals surface area contributed by atoms with Crippen LogP contribution in [0.5, 0.6) is 0 Å². The molecule has 0 bridgehead atoms. The molecule has 1 atom stereocenters. The fourth-order valence-electron chi connectivity index (χ4n) is 1.31. The molecule has 1 aromatic carbocycles. The summed E-state index contributed by atoms with van der Waals surface area (Å²) in [7, 11) is 0. The van der Waals surface area contributed by atoms with Crippen molar-refractivity contribution in [3.8, 4) is 0 Å². The third-order valence-corrected chi connectivity index (χ3v) is 2.22. The Morgan fingerprint density at radius 3 is 2.50 bits per heavy atom. The van der Waals surface area contributed by atoms with E-state index < -0.39 is 18.0 Å². The highest BCUT2D eigenvalue weighted by Gasteiger charge is 2.19. The molecule has 0 heterocycles. The minimum Gasteiger partial charge on any atom is -0.465 e. The van der Waals surface area contributed by atoms with Crippen molar-refractivity contribution >= 4 is 11.9 Å². The number of ether oxygens (including phenoxy) is 2. The lowest BCUT2D eigenvalue weighted by molar-refractivity contribution is -0.152. The Morgan fingerprint density at radius 1 is 1.22 bits per heavy atom. The first-order valence-electron chi connectivity index (χ1n) is 5.75. The van der Waals surface area contributed by atoms with Crippen LogP contribution in [-0.2, 0) is 25.7 Å². The van der Waals surface area contributed by atoms with Crippen molar-refractivity contribution in [3.63, 3.8) is 0 Å². The lowest BCUT2D eigenvalue weighted by atomic mass is 10.2. The molecule has 0 amide bonds. The van der Waals surface area contributed by atoms with Gasteiger partial charge in [-0.1, -0.05) is 30.3 Å². The van der Waals surface area contributed by atoms with Crippen LogP contribution in [-0.4, -0.2) is 24.6 Å². The maximum atomic E-state index is 11.4. The van der Waals surface area contributed by atoms with E-state index in [0.717, 1.165) is 5.56 Å². The highest BCUT2D eigenvalue weighted by atomic mass is 16.5. The number of hydrogen-bond acceptors (Lipinski definition) is 5. The van der Waals surface area contributed by atoms with Crippen molar-refractivity contribution in [1.29, 1.82) is 0 Å². The Labute approximate surface area is 106 Å². The maximum absolute atomic E-state index is 11.4. The van der Waals surface area contributed by atoms with Gasteiger partial charge in [0.1, 0.15) is 12.6 Å². The molecule has 2 N–H and O–H groups in total. The van der Waals surface area contributed by atoms with Gasteiger partial charge in [0.15, 0.2) is 0 Å². The van der Waals surface area contributed by atoms with E-state index in [4.69, 9.17) is 15.2 Å². The first kappa shape index (κ1) is 14.2. The summed E-state index contributed by atoms with van der Waals surface area (Å²) in [6.45, 7) is 2.10. The van der Waals surface area contributed by atoms with E-state index >= 15 is 0 Å². The standard InChI is InChI=1S/C13H17NO4/c1-2-17-13(16)11(14)8-12(15)18-9-10-6-4-3-5-7-10/h3-7,11H,2,8-9,14H2,1H3. The first-order chi connectivity index (χ1) is 8.63. The summed E-state index contributed by atoms with van der Waals surface area (Å²) in [6.07, 6.45) is -0.175. The third kappa shape index (κ3) is 4.97. The molecule has 0 aliphatic rings. The molecule has 0 fully saturated rings. The molecule has 0 spiro atoms. The molecule has 5 heteroatoms. The van der Waals surface area contributed by atoms with Crippen molar-refractivity contribution in [1.82, 2.24) is 0 Å². The predicted molar refractivity (Wildman–Crippen MR) is 65.5 cm³/mol. The second-order valence-electron chi connectivity index (χ2n) is 3.71. The van der Waals surface area contributed by atoms with E-state index in [-0.39, 0.29) is 19.6 Å². The molecule has 1 aromatic rings. The zero-order valence-corrected chi connectivity index (χ0v) is 10.3. The van der Waals surface area contributed by atoms with E-state index in [1.54, 1.807) is 6.92 Å². The molecule has 0 saturated carbocycles. The van der Waals surface area contributed by atoms with Crippen LogP contribution >= 0.6 is 0 Å². The number of hydrogen-bond donors (Lipinski definition) is 1. The molecule has 0 aliphatic carbocycles. The van der Waals surface area contributed by atoms with Crippen LogP contribution < -0.4 is 5.73 Å². The van der Waals surface area contributed by atoms with E-state index in [2.05, 4.69) is 0 Å². The molecule has 18 heavy (non-hydrogen) atoms. The number of nitrogens with two attached hydrogens (primary N) is 1. The lowest BCUT2D eigenvalue weighted by Crippen LogP contribution is -2.35. The van der Waals surface area contributed by atoms with Crippen molar-refractivity contribution in [2.75, 3.05) is 6.61 Å². The van der Waals surface area contributed by atoms with Gasteiger partial charge in [0.05, 0.1) is 13.0 Å². The average Bonchev–Trinajstić information content (AvgIpc) is 2.38. The summed E-state index contributed by atoms with van der Waals surface area (Å²) in [6, 6.07) is 8.31. The van der Waals surface area contributed by atoms with Gasteiger partial charge in [0.2, 0.25) is 0 Å². The summed E-state index contributed by atoms with van der Waals surface area (Å²) in [5, 5.41) is 0. The molecule has 0 aliphatic heterocycles. The van der Waals surface area contributed by atoms with Gasteiger partial charge in [0.25, 0.3) is 0 Å². The Kier molecular flexibility index (Phi) is 5.87. The third-order valence-electron chi connectivity index (χ3n) is 2.22. The Hall–Kier alpha value is -1.88. The average molecular weight is 251 g/mol. The quantitative estimate of drug-likeness (QED) is 0.763. The zero-order chi connectivity index (χ0) is 13.4. The van der Waals surface area contributed by atoms with Crippen LogP contribution in [0.25, 0.3) is 0 Å². The topological polar surface area (TPSA) is 78.6 Å². The number of esters is 2. The van der Waals surface area contributed by atoms with E-state index in [1.807, 2.05) is 30.3 Å². The number of carbonyl (C=O) groups is 2. The maximum Gasteiger partial charge on any atom is 0.323 e. The summed E-state index contributed by atoms with van der Waals surface area (Å²) in [5.74, 6) is -1.10. The molecule has 1 unspecified atom stereocenters. The summed E-state index contributed by atoms with van der Waals surface area (Å²) in [4.78, 5) is 22.6. The number of benzene rings is 1. The molecule has 0 radical (unpaired) electrons. The van der Waals surface area contributed by atoms with Crippen molar-refractivity contribution in [2.45, 2.75) is 26.0 Å². The largest absolute Gasteiger partial charge is 0.465 e. The van der Waals surface area contributed by atoms with Crippen LogP contribution in [0.4, 0.5) is 0 Å². The van der Waals surface area contributed by atoms with Crippen LogP contribution in [0.2, 0.25) is 0 Å². The number of rotatable bonds is 6. The zero-order valence-electron chi connectivity index (χ0n) is 10.3. The van der Waals surface area contributed by atoms with Crippen molar-refractivity contribution in [2.24, 2.45) is 5.73 Å². The first-order valence-corrected chi connectivity index (χ1v) is 5.75. The van der Waals surface area contributed by atoms with Gasteiger partial charge in [-0.2, -0.15) is 0 Å². The highest BCUT2D eigenvalue weighted by Crippen LogP contribution is 2.03. The predicted octanol–water partition coefficient (Wildman–Crippen LogP) is 1.01. The molecule has 1 rings (SSSR count). The molecular formula is C13H17NO4. The van der Waals surface area contributed by atoms with Crippen molar-refractivity contribution < 1.29 is 19.1 Å². The highest BCUT2D eigenvalue weighted by molar-refractivity contribution is 5.82. The Bertz CT molecular complexity index is 391. The van der Waals surface area contributed by atoms with E-state index in [9.17, 15) is 9.59 Å². The van der Waals surface area contributed by atoms with Crippen LogP contribution in [0.3, 0.4) is 0 Å². The molecular weight excluding hydrogens is 234 g/mol. The SMILES string of the molecule is CCOC(=O)C(N)CC(=O)OCc1ccccc1.